The van der Waals surface area contributed by atoms with Crippen molar-refractivity contribution < 1.29 is 9.84 Å². The van der Waals surface area contributed by atoms with Crippen LogP contribution in [0.4, 0.5) is 0 Å². The molecule has 0 atom stereocenters. The first-order chi connectivity index (χ1) is 6.67. The molecule has 1 rings (SSSR count). The molecule has 14 heavy (non-hydrogen) atoms. The Morgan fingerprint density at radius 3 is 2.86 bits per heavy atom. The van der Waals surface area contributed by atoms with E-state index >= 15 is 0 Å². The van der Waals surface area contributed by atoms with E-state index in [0.29, 0.717) is 6.42 Å². The van der Waals surface area contributed by atoms with Gasteiger partial charge >= 0.3 is 0 Å². The molecule has 0 unspecified atom stereocenters. The summed E-state index contributed by atoms with van der Waals surface area (Å²) < 4.78 is 0.755. The van der Waals surface area contributed by atoms with Crippen LogP contribution >= 0.6 is 0 Å². The average Bonchev–Trinajstić information content (AvgIpc) is 2.20. The number of aryl methyl sites for hydroxylation is 1. The predicted octanol–water partition coefficient (Wildman–Crippen LogP) is 0.437. The van der Waals surface area contributed by atoms with Gasteiger partial charge in [0.15, 0.2) is 12.4 Å². The summed E-state index contributed by atoms with van der Waals surface area (Å²) in [6, 6.07) is 1.70. The standard InChI is InChI=1S/C10H14N2O2/c1-2-8-6-12(14)4-3-9(8)5-10(11)7-13/h3-4,6,11,13H,2,5,7H2,1H3. The molecule has 0 bridgehead atoms. The van der Waals surface area contributed by atoms with Crippen LogP contribution in [0.15, 0.2) is 18.5 Å². The van der Waals surface area contributed by atoms with Crippen molar-refractivity contribution in [1.82, 2.24) is 0 Å². The molecule has 1 heterocycles. The SMILES string of the molecule is CCc1c[n+]([O-])ccc1CC(=N)CO. The molecule has 0 aliphatic rings. The van der Waals surface area contributed by atoms with Crippen molar-refractivity contribution in [2.75, 3.05) is 6.61 Å². The minimum absolute atomic E-state index is 0.227. The van der Waals surface area contributed by atoms with Gasteiger partial charge in [0.05, 0.1) is 6.61 Å². The highest BCUT2D eigenvalue weighted by Crippen LogP contribution is 2.07. The van der Waals surface area contributed by atoms with Crippen molar-refractivity contribution >= 4 is 5.71 Å². The van der Waals surface area contributed by atoms with Crippen LogP contribution in [0.5, 0.6) is 0 Å². The second kappa shape index (κ2) is 4.72. The second-order valence-electron chi connectivity index (χ2n) is 3.15. The third-order valence-corrected chi connectivity index (χ3v) is 2.09. The maximum atomic E-state index is 11.0. The minimum Gasteiger partial charge on any atom is -0.619 e. The average molecular weight is 194 g/mol. The Kier molecular flexibility index (Phi) is 3.59. The molecule has 0 saturated heterocycles. The van der Waals surface area contributed by atoms with E-state index in [4.69, 9.17) is 10.5 Å². The zero-order valence-corrected chi connectivity index (χ0v) is 8.16. The predicted molar refractivity (Wildman–Crippen MR) is 53.3 cm³/mol. The Labute approximate surface area is 82.9 Å². The van der Waals surface area contributed by atoms with E-state index in [9.17, 15) is 5.21 Å². The lowest BCUT2D eigenvalue weighted by molar-refractivity contribution is -0.605. The van der Waals surface area contributed by atoms with Crippen molar-refractivity contribution in [2.24, 2.45) is 0 Å². The van der Waals surface area contributed by atoms with Gasteiger partial charge in [-0.1, -0.05) is 6.92 Å². The van der Waals surface area contributed by atoms with Crippen LogP contribution in [0.1, 0.15) is 18.1 Å². The van der Waals surface area contributed by atoms with Gasteiger partial charge in [0.25, 0.3) is 0 Å². The molecule has 0 radical (unpaired) electrons. The number of aliphatic hydroxyl groups is 1. The molecule has 76 valence electrons. The Morgan fingerprint density at radius 1 is 1.57 bits per heavy atom. The van der Waals surface area contributed by atoms with E-state index < -0.39 is 0 Å². The highest BCUT2D eigenvalue weighted by Gasteiger charge is 2.06. The molecule has 0 fully saturated rings. The molecule has 4 nitrogen and oxygen atoms in total. The molecule has 1 aromatic rings. The van der Waals surface area contributed by atoms with Gasteiger partial charge in [-0.05, 0) is 12.0 Å². The van der Waals surface area contributed by atoms with Crippen molar-refractivity contribution in [2.45, 2.75) is 19.8 Å². The monoisotopic (exact) mass is 194 g/mol. The van der Waals surface area contributed by atoms with Gasteiger partial charge in [-0.3, -0.25) is 0 Å². The zero-order valence-electron chi connectivity index (χ0n) is 8.16. The summed E-state index contributed by atoms with van der Waals surface area (Å²) in [5.41, 5.74) is 2.14. The molecule has 1 aromatic heterocycles. The smallest absolute Gasteiger partial charge is 0.183 e. The highest BCUT2D eigenvalue weighted by molar-refractivity contribution is 5.84. The highest BCUT2D eigenvalue weighted by atomic mass is 16.5. The maximum Gasteiger partial charge on any atom is 0.183 e. The normalized spacial score (nSPS) is 10.1. The fourth-order valence-corrected chi connectivity index (χ4v) is 1.33. The summed E-state index contributed by atoms with van der Waals surface area (Å²) in [6.07, 6.45) is 4.11. The topological polar surface area (TPSA) is 71.0 Å². The first-order valence-corrected chi connectivity index (χ1v) is 4.55. The van der Waals surface area contributed by atoms with Gasteiger partial charge in [0, 0.05) is 23.8 Å². The third-order valence-electron chi connectivity index (χ3n) is 2.09. The van der Waals surface area contributed by atoms with Crippen LogP contribution in [0.3, 0.4) is 0 Å². The number of hydrogen-bond acceptors (Lipinski definition) is 3. The third kappa shape index (κ3) is 2.53. The maximum absolute atomic E-state index is 11.0. The van der Waals surface area contributed by atoms with Gasteiger partial charge < -0.3 is 15.7 Å². The molecule has 4 heteroatoms. The fourth-order valence-electron chi connectivity index (χ4n) is 1.33. The molecule has 0 spiro atoms. The lowest BCUT2D eigenvalue weighted by Gasteiger charge is -2.06. The molecular formula is C10H14N2O2. The first kappa shape index (κ1) is 10.7. The number of nitrogens with one attached hydrogen (secondary N) is 1. The number of aliphatic hydroxyl groups excluding tert-OH is 1. The minimum atomic E-state index is -0.227. The summed E-state index contributed by atoms with van der Waals surface area (Å²) in [5.74, 6) is 0. The Morgan fingerprint density at radius 2 is 2.29 bits per heavy atom. The summed E-state index contributed by atoms with van der Waals surface area (Å²) in [5, 5.41) is 27.1. The van der Waals surface area contributed by atoms with E-state index in [1.165, 1.54) is 12.4 Å². The molecule has 0 aromatic carbocycles. The lowest BCUT2D eigenvalue weighted by atomic mass is 10.0. The molecule has 0 amide bonds. The number of nitrogens with zero attached hydrogens (tertiary/aromatic N) is 1. The van der Waals surface area contributed by atoms with Gasteiger partial charge in [-0.15, -0.1) is 0 Å². The van der Waals surface area contributed by atoms with E-state index in [0.717, 1.165) is 22.3 Å². The van der Waals surface area contributed by atoms with Crippen LogP contribution < -0.4 is 4.73 Å². The van der Waals surface area contributed by atoms with Crippen molar-refractivity contribution in [3.8, 4) is 0 Å². The molecule has 0 aliphatic carbocycles. The van der Waals surface area contributed by atoms with Crippen molar-refractivity contribution in [3.05, 3.63) is 34.8 Å². The molecule has 2 N–H and O–H groups in total. The lowest BCUT2D eigenvalue weighted by Crippen LogP contribution is -2.26. The van der Waals surface area contributed by atoms with Crippen LogP contribution in [0.2, 0.25) is 0 Å². The van der Waals surface area contributed by atoms with Crippen LogP contribution in [0.25, 0.3) is 0 Å². The van der Waals surface area contributed by atoms with Crippen LogP contribution in [-0.4, -0.2) is 17.4 Å². The van der Waals surface area contributed by atoms with Crippen LogP contribution in [-0.2, 0) is 12.8 Å². The number of rotatable bonds is 4. The van der Waals surface area contributed by atoms with Crippen molar-refractivity contribution in [3.63, 3.8) is 0 Å². The number of aromatic nitrogens is 1. The second-order valence-corrected chi connectivity index (χ2v) is 3.15. The Balaban J connectivity index is 2.90. The molecular weight excluding hydrogens is 180 g/mol. The van der Waals surface area contributed by atoms with E-state index in [2.05, 4.69) is 0 Å². The van der Waals surface area contributed by atoms with E-state index in [-0.39, 0.29) is 12.3 Å². The van der Waals surface area contributed by atoms with E-state index in [1.807, 2.05) is 6.92 Å². The van der Waals surface area contributed by atoms with Crippen molar-refractivity contribution in [1.29, 1.82) is 5.41 Å². The number of hydrogen-bond donors (Lipinski definition) is 2. The van der Waals surface area contributed by atoms with Gasteiger partial charge in [0.2, 0.25) is 0 Å². The Bertz CT molecular complexity index is 337. The quantitative estimate of drug-likeness (QED) is 0.414. The largest absolute Gasteiger partial charge is 0.619 e. The Hall–Kier alpha value is -1.42. The van der Waals surface area contributed by atoms with Gasteiger partial charge in [-0.25, -0.2) is 0 Å². The number of pyridine rings is 1. The summed E-state index contributed by atoms with van der Waals surface area (Å²) in [6.45, 7) is 1.73. The summed E-state index contributed by atoms with van der Waals surface area (Å²) in [7, 11) is 0. The van der Waals surface area contributed by atoms with Gasteiger partial charge in [-0.2, -0.15) is 4.73 Å². The van der Waals surface area contributed by atoms with E-state index in [1.54, 1.807) is 6.07 Å². The molecule has 0 aliphatic heterocycles. The zero-order chi connectivity index (χ0) is 10.6. The van der Waals surface area contributed by atoms with Gasteiger partial charge in [0.1, 0.15) is 0 Å². The fraction of sp³-hybridized carbons (Fsp3) is 0.400. The molecule has 0 saturated carbocycles. The summed E-state index contributed by atoms with van der Waals surface area (Å²) >= 11 is 0. The van der Waals surface area contributed by atoms with Crippen LogP contribution in [0, 0.1) is 10.6 Å². The summed E-state index contributed by atoms with van der Waals surface area (Å²) in [4.78, 5) is 0. The first-order valence-electron chi connectivity index (χ1n) is 4.55.